The number of H-pyrrole nitrogens is 1. The van der Waals surface area contributed by atoms with Crippen LogP contribution in [0.5, 0.6) is 0 Å². The summed E-state index contributed by atoms with van der Waals surface area (Å²) in [6, 6.07) is 8.14. The van der Waals surface area contributed by atoms with Crippen LogP contribution in [0, 0.1) is 0 Å². The number of hydrogen-bond donors (Lipinski definition) is 2. The lowest BCUT2D eigenvalue weighted by Gasteiger charge is -2.24. The van der Waals surface area contributed by atoms with Crippen molar-refractivity contribution in [1.82, 2.24) is 4.98 Å². The Morgan fingerprint density at radius 1 is 1.25 bits per heavy atom. The van der Waals surface area contributed by atoms with Crippen LogP contribution in [0.25, 0.3) is 0 Å². The van der Waals surface area contributed by atoms with E-state index in [0.29, 0.717) is 18.7 Å². The zero-order valence-electron chi connectivity index (χ0n) is 12.6. The summed E-state index contributed by atoms with van der Waals surface area (Å²) in [5.41, 5.74) is -0.244. The van der Waals surface area contributed by atoms with Gasteiger partial charge in [-0.1, -0.05) is 24.3 Å². The summed E-state index contributed by atoms with van der Waals surface area (Å²) >= 11 is 0. The number of nitrogens with one attached hydrogen (secondary N) is 2. The van der Waals surface area contributed by atoms with Crippen LogP contribution in [0.3, 0.4) is 0 Å². The van der Waals surface area contributed by atoms with Crippen molar-refractivity contribution in [2.24, 2.45) is 0 Å². The topological polar surface area (TPSA) is 62.0 Å². The molecule has 1 atom stereocenters. The van der Waals surface area contributed by atoms with E-state index in [0.717, 1.165) is 24.0 Å². The van der Waals surface area contributed by atoms with Gasteiger partial charge in [-0.15, -0.1) is 0 Å². The van der Waals surface area contributed by atoms with Crippen LogP contribution in [0.4, 0.5) is 18.9 Å². The first-order chi connectivity index (χ1) is 11.4. The van der Waals surface area contributed by atoms with Crippen molar-refractivity contribution in [3.8, 4) is 0 Å². The number of anilines is 1. The van der Waals surface area contributed by atoms with Crippen molar-refractivity contribution in [2.75, 3.05) is 5.32 Å². The average molecular weight is 336 g/mol. The normalized spacial score (nSPS) is 17.2. The number of hydrogen-bond acceptors (Lipinski definition) is 2. The van der Waals surface area contributed by atoms with Gasteiger partial charge in [0.25, 0.3) is 5.56 Å². The van der Waals surface area contributed by atoms with Crippen molar-refractivity contribution in [3.63, 3.8) is 0 Å². The highest BCUT2D eigenvalue weighted by molar-refractivity contribution is 5.96. The number of carbonyl (C=O) groups excluding carboxylic acids is 1. The van der Waals surface area contributed by atoms with Gasteiger partial charge in [0, 0.05) is 6.20 Å². The molecule has 1 aromatic carbocycles. The Morgan fingerprint density at radius 2 is 2.00 bits per heavy atom. The fourth-order valence-electron chi connectivity index (χ4n) is 2.99. The van der Waals surface area contributed by atoms with Gasteiger partial charge < -0.3 is 10.3 Å². The van der Waals surface area contributed by atoms with Crippen LogP contribution in [0.1, 0.15) is 35.4 Å². The van der Waals surface area contributed by atoms with E-state index in [1.54, 1.807) is 0 Å². The second-order valence-electron chi connectivity index (χ2n) is 5.76. The molecule has 0 radical (unpaired) electrons. The quantitative estimate of drug-likeness (QED) is 0.882. The molecule has 0 saturated heterocycles. The SMILES string of the molecule is O=C(Nc1cc(C(F)(F)F)c[nH]c1=O)C1CCCc2ccccc21. The smallest absolute Gasteiger partial charge is 0.327 e. The molecule has 3 rings (SSSR count). The Morgan fingerprint density at radius 3 is 2.75 bits per heavy atom. The number of aromatic amines is 1. The van der Waals surface area contributed by atoms with Crippen LogP contribution >= 0.6 is 0 Å². The van der Waals surface area contributed by atoms with Crippen LogP contribution in [-0.2, 0) is 17.4 Å². The van der Waals surface area contributed by atoms with Crippen LogP contribution < -0.4 is 10.9 Å². The van der Waals surface area contributed by atoms with Crippen molar-refractivity contribution in [1.29, 1.82) is 0 Å². The molecular weight excluding hydrogens is 321 g/mol. The predicted octanol–water partition coefficient (Wildman–Crippen LogP) is 3.45. The zero-order chi connectivity index (χ0) is 17.3. The van der Waals surface area contributed by atoms with Crippen molar-refractivity contribution in [3.05, 3.63) is 63.6 Å². The van der Waals surface area contributed by atoms with Gasteiger partial charge in [0.2, 0.25) is 5.91 Å². The number of rotatable bonds is 2. The lowest BCUT2D eigenvalue weighted by Crippen LogP contribution is -2.28. The Hall–Kier alpha value is -2.57. The van der Waals surface area contributed by atoms with Crippen LogP contribution in [0.15, 0.2) is 41.3 Å². The minimum atomic E-state index is -4.60. The molecule has 1 aromatic heterocycles. The highest BCUT2D eigenvalue weighted by Crippen LogP contribution is 2.33. The number of amides is 1. The summed E-state index contributed by atoms with van der Waals surface area (Å²) in [5, 5.41) is 2.35. The predicted molar refractivity (Wildman–Crippen MR) is 82.8 cm³/mol. The molecule has 24 heavy (non-hydrogen) atoms. The van der Waals surface area contributed by atoms with E-state index in [1.807, 2.05) is 29.2 Å². The Bertz CT molecular complexity index is 827. The van der Waals surface area contributed by atoms with E-state index in [-0.39, 0.29) is 0 Å². The molecule has 126 valence electrons. The minimum absolute atomic E-state index is 0.391. The molecule has 1 heterocycles. The monoisotopic (exact) mass is 336 g/mol. The Labute approximate surface area is 135 Å². The van der Waals surface area contributed by atoms with E-state index in [1.165, 1.54) is 0 Å². The summed E-state index contributed by atoms with van der Waals surface area (Å²) in [4.78, 5) is 26.2. The van der Waals surface area contributed by atoms with E-state index in [4.69, 9.17) is 0 Å². The molecule has 0 fully saturated rings. The number of carbonyl (C=O) groups is 1. The molecule has 2 aromatic rings. The van der Waals surface area contributed by atoms with Gasteiger partial charge in [-0.05, 0) is 36.5 Å². The maximum absolute atomic E-state index is 12.8. The highest BCUT2D eigenvalue weighted by Gasteiger charge is 2.32. The molecule has 1 aliphatic rings. The van der Waals surface area contributed by atoms with Gasteiger partial charge >= 0.3 is 6.18 Å². The second kappa shape index (κ2) is 6.14. The first-order valence-corrected chi connectivity index (χ1v) is 7.55. The van der Waals surface area contributed by atoms with Gasteiger partial charge in [-0.3, -0.25) is 9.59 Å². The molecule has 1 aliphatic carbocycles. The van der Waals surface area contributed by atoms with E-state index in [9.17, 15) is 22.8 Å². The zero-order valence-corrected chi connectivity index (χ0v) is 12.6. The number of benzene rings is 1. The third kappa shape index (κ3) is 3.20. The fourth-order valence-corrected chi connectivity index (χ4v) is 2.99. The fraction of sp³-hybridized carbons (Fsp3) is 0.294. The molecule has 0 spiro atoms. The first-order valence-electron chi connectivity index (χ1n) is 7.55. The van der Waals surface area contributed by atoms with E-state index < -0.39 is 34.8 Å². The van der Waals surface area contributed by atoms with E-state index >= 15 is 0 Å². The third-order valence-corrected chi connectivity index (χ3v) is 4.17. The van der Waals surface area contributed by atoms with Crippen molar-refractivity contribution < 1.29 is 18.0 Å². The molecule has 2 N–H and O–H groups in total. The number of fused-ring (bicyclic) bond motifs is 1. The minimum Gasteiger partial charge on any atom is -0.327 e. The number of alkyl halides is 3. The standard InChI is InChI=1S/C17H15F3N2O2/c18-17(19,20)11-8-14(16(24)21-9-11)22-15(23)13-7-3-5-10-4-1-2-6-12(10)13/h1-2,4,6,8-9,13H,3,5,7H2,(H,21,24)(H,22,23). The van der Waals surface area contributed by atoms with Gasteiger partial charge in [0.15, 0.2) is 0 Å². The molecular formula is C17H15F3N2O2. The first kappa shape index (κ1) is 16.3. The Kier molecular flexibility index (Phi) is 4.17. The second-order valence-corrected chi connectivity index (χ2v) is 5.76. The summed E-state index contributed by atoms with van der Waals surface area (Å²) in [6.07, 6.45) is -1.73. The summed E-state index contributed by atoms with van der Waals surface area (Å²) in [6.45, 7) is 0. The van der Waals surface area contributed by atoms with E-state index in [2.05, 4.69) is 5.32 Å². The maximum Gasteiger partial charge on any atom is 0.417 e. The number of halogens is 3. The highest BCUT2D eigenvalue weighted by atomic mass is 19.4. The lowest BCUT2D eigenvalue weighted by molar-refractivity contribution is -0.137. The number of aryl methyl sites for hydroxylation is 1. The summed E-state index contributed by atoms with van der Waals surface area (Å²) in [5.74, 6) is -0.934. The molecule has 0 aliphatic heterocycles. The molecule has 1 unspecified atom stereocenters. The van der Waals surface area contributed by atoms with Crippen molar-refractivity contribution in [2.45, 2.75) is 31.4 Å². The number of pyridine rings is 1. The van der Waals surface area contributed by atoms with Crippen LogP contribution in [0.2, 0.25) is 0 Å². The molecule has 0 saturated carbocycles. The maximum atomic E-state index is 12.8. The lowest BCUT2D eigenvalue weighted by atomic mass is 9.82. The largest absolute Gasteiger partial charge is 0.417 e. The molecule has 0 bridgehead atoms. The third-order valence-electron chi connectivity index (χ3n) is 4.17. The van der Waals surface area contributed by atoms with Gasteiger partial charge in [0.1, 0.15) is 5.69 Å². The summed E-state index contributed by atoms with van der Waals surface area (Å²) < 4.78 is 38.3. The van der Waals surface area contributed by atoms with Gasteiger partial charge in [-0.25, -0.2) is 0 Å². The molecule has 4 nitrogen and oxygen atoms in total. The Balaban J connectivity index is 1.88. The summed E-state index contributed by atoms with van der Waals surface area (Å²) in [7, 11) is 0. The number of aromatic nitrogens is 1. The van der Waals surface area contributed by atoms with Crippen LogP contribution in [-0.4, -0.2) is 10.9 Å². The van der Waals surface area contributed by atoms with Gasteiger partial charge in [-0.2, -0.15) is 13.2 Å². The van der Waals surface area contributed by atoms with Crippen molar-refractivity contribution >= 4 is 11.6 Å². The molecule has 1 amide bonds. The average Bonchev–Trinajstić information content (AvgIpc) is 2.55. The van der Waals surface area contributed by atoms with Gasteiger partial charge in [0.05, 0.1) is 11.5 Å². The molecule has 7 heteroatoms.